The number of halogens is 1. The first-order valence-corrected chi connectivity index (χ1v) is 10.6. The minimum Gasteiger partial charge on any atom is -0.387 e. The van der Waals surface area contributed by atoms with Gasteiger partial charge in [0.15, 0.2) is 11.6 Å². The van der Waals surface area contributed by atoms with Gasteiger partial charge in [0.25, 0.3) is 0 Å². The summed E-state index contributed by atoms with van der Waals surface area (Å²) in [6, 6.07) is 1.68. The van der Waals surface area contributed by atoms with Crippen molar-refractivity contribution in [1.29, 1.82) is 0 Å². The molecule has 7 nitrogen and oxygen atoms in total. The Morgan fingerprint density at radius 1 is 1.31 bits per heavy atom. The third-order valence-electron chi connectivity index (χ3n) is 6.08. The standard InChI is InChI=1S/C21H30FN5O2/c1-15(2)19-24-20(29-25-19)16-5-10-26(11-6-16)13-21(28)7-3-9-27(14-21)18-4-8-23-12-17(18)22/h4,8,12,15-16,28H,3,5-7,9-11,13-14H2,1-2H3. The molecule has 1 unspecified atom stereocenters. The predicted octanol–water partition coefficient (Wildman–Crippen LogP) is 2.94. The zero-order chi connectivity index (χ0) is 20.4. The maximum atomic E-state index is 14.1. The highest BCUT2D eigenvalue weighted by atomic mass is 19.1. The van der Waals surface area contributed by atoms with Crippen LogP contribution < -0.4 is 4.90 Å². The number of pyridine rings is 1. The largest absolute Gasteiger partial charge is 0.387 e. The Morgan fingerprint density at radius 3 is 2.79 bits per heavy atom. The molecule has 1 atom stereocenters. The first kappa shape index (κ1) is 20.2. The van der Waals surface area contributed by atoms with Crippen molar-refractivity contribution < 1.29 is 14.0 Å². The Bertz CT molecular complexity index is 821. The highest BCUT2D eigenvalue weighted by Crippen LogP contribution is 2.31. The predicted molar refractivity (Wildman–Crippen MR) is 107 cm³/mol. The first-order chi connectivity index (χ1) is 13.9. The van der Waals surface area contributed by atoms with Gasteiger partial charge in [-0.15, -0.1) is 0 Å². The van der Waals surface area contributed by atoms with Crippen LogP contribution in [0, 0.1) is 5.82 Å². The summed E-state index contributed by atoms with van der Waals surface area (Å²) in [5.74, 6) is 1.72. The van der Waals surface area contributed by atoms with Gasteiger partial charge in [-0.05, 0) is 44.8 Å². The van der Waals surface area contributed by atoms with Crippen LogP contribution in [0.15, 0.2) is 23.0 Å². The van der Waals surface area contributed by atoms with Crippen molar-refractivity contribution in [1.82, 2.24) is 20.0 Å². The Hall–Kier alpha value is -2.06. The molecule has 2 saturated heterocycles. The van der Waals surface area contributed by atoms with Crippen LogP contribution in [0.3, 0.4) is 0 Å². The molecule has 158 valence electrons. The van der Waals surface area contributed by atoms with Crippen molar-refractivity contribution in [3.8, 4) is 0 Å². The summed E-state index contributed by atoms with van der Waals surface area (Å²) in [6.45, 7) is 7.68. The molecular formula is C21H30FN5O2. The van der Waals surface area contributed by atoms with Crippen molar-refractivity contribution in [3.63, 3.8) is 0 Å². The number of anilines is 1. The van der Waals surface area contributed by atoms with Crippen molar-refractivity contribution in [2.45, 2.75) is 57.0 Å². The average Bonchev–Trinajstić information content (AvgIpc) is 3.19. The number of rotatable bonds is 5. The maximum absolute atomic E-state index is 14.1. The quantitative estimate of drug-likeness (QED) is 0.822. The molecular weight excluding hydrogens is 373 g/mol. The second-order valence-electron chi connectivity index (χ2n) is 8.77. The molecule has 0 aromatic carbocycles. The van der Waals surface area contributed by atoms with Gasteiger partial charge >= 0.3 is 0 Å². The van der Waals surface area contributed by atoms with Crippen LogP contribution >= 0.6 is 0 Å². The third-order valence-corrected chi connectivity index (χ3v) is 6.08. The Kier molecular flexibility index (Phi) is 5.83. The smallest absolute Gasteiger partial charge is 0.229 e. The molecule has 4 rings (SSSR count). The normalized spacial score (nSPS) is 24.4. The number of hydrogen-bond acceptors (Lipinski definition) is 7. The summed E-state index contributed by atoms with van der Waals surface area (Å²) >= 11 is 0. The summed E-state index contributed by atoms with van der Waals surface area (Å²) in [7, 11) is 0. The van der Waals surface area contributed by atoms with E-state index in [9.17, 15) is 9.50 Å². The van der Waals surface area contributed by atoms with Crippen LogP contribution in [0.5, 0.6) is 0 Å². The van der Waals surface area contributed by atoms with Gasteiger partial charge < -0.3 is 19.4 Å². The van der Waals surface area contributed by atoms with E-state index in [0.29, 0.717) is 18.8 Å². The molecule has 2 fully saturated rings. The lowest BCUT2D eigenvalue weighted by molar-refractivity contribution is -0.0138. The number of aliphatic hydroxyl groups is 1. The Morgan fingerprint density at radius 2 is 2.10 bits per heavy atom. The number of aromatic nitrogens is 3. The van der Waals surface area contributed by atoms with Crippen LogP contribution in [-0.2, 0) is 0 Å². The number of likely N-dealkylation sites (tertiary alicyclic amines) is 1. The summed E-state index contributed by atoms with van der Waals surface area (Å²) in [5.41, 5.74) is -0.315. The van der Waals surface area contributed by atoms with Crippen LogP contribution in [0.25, 0.3) is 0 Å². The molecule has 0 radical (unpaired) electrons. The molecule has 1 N–H and O–H groups in total. The minimum atomic E-state index is -0.837. The van der Waals surface area contributed by atoms with E-state index in [1.54, 1.807) is 12.3 Å². The van der Waals surface area contributed by atoms with Gasteiger partial charge in [-0.2, -0.15) is 4.98 Å². The van der Waals surface area contributed by atoms with Gasteiger partial charge in [-0.1, -0.05) is 19.0 Å². The second kappa shape index (κ2) is 8.36. The topological polar surface area (TPSA) is 78.5 Å². The molecule has 2 aromatic rings. The summed E-state index contributed by atoms with van der Waals surface area (Å²) in [4.78, 5) is 12.6. The average molecular weight is 404 g/mol. The van der Waals surface area contributed by atoms with E-state index in [1.807, 2.05) is 4.90 Å². The zero-order valence-corrected chi connectivity index (χ0v) is 17.2. The van der Waals surface area contributed by atoms with Crippen LogP contribution in [0.2, 0.25) is 0 Å². The van der Waals surface area contributed by atoms with Crippen molar-refractivity contribution in [2.24, 2.45) is 0 Å². The lowest BCUT2D eigenvalue weighted by Gasteiger charge is -2.44. The molecule has 0 spiro atoms. The van der Waals surface area contributed by atoms with E-state index in [2.05, 4.69) is 33.9 Å². The number of piperidine rings is 2. The lowest BCUT2D eigenvalue weighted by atomic mass is 9.89. The molecule has 4 heterocycles. The minimum absolute atomic E-state index is 0.265. The van der Waals surface area contributed by atoms with E-state index in [4.69, 9.17) is 4.52 Å². The van der Waals surface area contributed by atoms with Crippen molar-refractivity contribution in [2.75, 3.05) is 37.6 Å². The Balaban J connectivity index is 1.34. The molecule has 2 aromatic heterocycles. The fourth-order valence-electron chi connectivity index (χ4n) is 4.47. The molecule has 0 bridgehead atoms. The second-order valence-corrected chi connectivity index (χ2v) is 8.77. The van der Waals surface area contributed by atoms with Crippen molar-refractivity contribution in [3.05, 3.63) is 36.0 Å². The van der Waals surface area contributed by atoms with Gasteiger partial charge in [0, 0.05) is 37.7 Å². The zero-order valence-electron chi connectivity index (χ0n) is 17.2. The summed E-state index contributed by atoms with van der Waals surface area (Å²) in [6.07, 6.45) is 6.29. The SMILES string of the molecule is CC(C)c1noc(C2CCN(CC3(O)CCCN(c4ccncc4F)C3)CC2)n1. The van der Waals surface area contributed by atoms with Gasteiger partial charge in [0.05, 0.1) is 17.5 Å². The van der Waals surface area contributed by atoms with E-state index < -0.39 is 5.60 Å². The third kappa shape index (κ3) is 4.59. The number of nitrogens with zero attached hydrogens (tertiary/aromatic N) is 5. The first-order valence-electron chi connectivity index (χ1n) is 10.6. The summed E-state index contributed by atoms with van der Waals surface area (Å²) in [5, 5.41) is 15.3. The van der Waals surface area contributed by atoms with E-state index in [-0.39, 0.29) is 17.7 Å². The molecule has 2 aliphatic heterocycles. The maximum Gasteiger partial charge on any atom is 0.229 e. The van der Waals surface area contributed by atoms with Crippen LogP contribution in [-0.4, -0.2) is 63.5 Å². The van der Waals surface area contributed by atoms with Gasteiger partial charge in [-0.3, -0.25) is 4.98 Å². The van der Waals surface area contributed by atoms with E-state index in [1.165, 1.54) is 6.20 Å². The molecule has 29 heavy (non-hydrogen) atoms. The molecule has 0 saturated carbocycles. The number of β-amino-alcohol motifs (C(OH)–C–C–N with tert-alkyl or cyclic N) is 1. The highest BCUT2D eigenvalue weighted by Gasteiger charge is 2.37. The van der Waals surface area contributed by atoms with Gasteiger partial charge in [-0.25, -0.2) is 4.39 Å². The highest BCUT2D eigenvalue weighted by molar-refractivity contribution is 5.47. The Labute approximate surface area is 170 Å². The summed E-state index contributed by atoms with van der Waals surface area (Å²) < 4.78 is 19.6. The van der Waals surface area contributed by atoms with E-state index >= 15 is 0 Å². The fourth-order valence-corrected chi connectivity index (χ4v) is 4.47. The van der Waals surface area contributed by atoms with Crippen LogP contribution in [0.4, 0.5) is 10.1 Å². The molecule has 8 heteroatoms. The van der Waals surface area contributed by atoms with Gasteiger partial charge in [0.1, 0.15) is 0 Å². The van der Waals surface area contributed by atoms with Crippen molar-refractivity contribution >= 4 is 5.69 Å². The molecule has 2 aliphatic rings. The fraction of sp³-hybridized carbons (Fsp3) is 0.667. The number of hydrogen-bond donors (Lipinski definition) is 1. The van der Waals surface area contributed by atoms with Crippen LogP contribution in [0.1, 0.15) is 63.1 Å². The monoisotopic (exact) mass is 403 g/mol. The lowest BCUT2D eigenvalue weighted by Crippen LogP contribution is -2.55. The van der Waals surface area contributed by atoms with Gasteiger partial charge in [0.2, 0.25) is 5.89 Å². The molecule has 0 amide bonds. The molecule has 0 aliphatic carbocycles. The van der Waals surface area contributed by atoms with E-state index in [0.717, 1.165) is 57.0 Å².